The van der Waals surface area contributed by atoms with Crippen LogP contribution in [0.5, 0.6) is 0 Å². The first-order chi connectivity index (χ1) is 7.70. The number of pyridine rings is 1. The Balaban J connectivity index is 2.12. The molecule has 0 radical (unpaired) electrons. The highest BCUT2D eigenvalue weighted by Gasteiger charge is 2.23. The van der Waals surface area contributed by atoms with Gasteiger partial charge in [-0.25, -0.2) is 4.98 Å². The lowest BCUT2D eigenvalue weighted by Crippen LogP contribution is -2.23. The van der Waals surface area contributed by atoms with Gasteiger partial charge in [-0.2, -0.15) is 0 Å². The van der Waals surface area contributed by atoms with Crippen LogP contribution in [0.25, 0.3) is 0 Å². The Kier molecular flexibility index (Phi) is 3.41. The third-order valence-corrected chi connectivity index (χ3v) is 3.05. The van der Waals surface area contributed by atoms with E-state index in [0.717, 1.165) is 30.9 Å². The molecule has 4 heteroatoms. The summed E-state index contributed by atoms with van der Waals surface area (Å²) in [5.41, 5.74) is 0.908. The van der Waals surface area contributed by atoms with Gasteiger partial charge in [-0.3, -0.25) is 0 Å². The van der Waals surface area contributed by atoms with Crippen molar-refractivity contribution in [2.75, 3.05) is 25.1 Å². The van der Waals surface area contributed by atoms with Crippen LogP contribution < -0.4 is 4.90 Å². The van der Waals surface area contributed by atoms with E-state index >= 15 is 0 Å². The molecular formula is C12H18N2O2. The van der Waals surface area contributed by atoms with Gasteiger partial charge >= 0.3 is 0 Å². The summed E-state index contributed by atoms with van der Waals surface area (Å²) in [7, 11) is 1.74. The van der Waals surface area contributed by atoms with Crippen LogP contribution in [-0.4, -0.2) is 36.4 Å². The van der Waals surface area contributed by atoms with Gasteiger partial charge in [0.2, 0.25) is 0 Å². The summed E-state index contributed by atoms with van der Waals surface area (Å²) in [4.78, 5) is 6.53. The fourth-order valence-corrected chi connectivity index (χ4v) is 2.00. The number of hydrogen-bond acceptors (Lipinski definition) is 4. The summed E-state index contributed by atoms with van der Waals surface area (Å²) in [6.45, 7) is 3.61. The van der Waals surface area contributed by atoms with Crippen LogP contribution in [0, 0.1) is 0 Å². The van der Waals surface area contributed by atoms with Crippen molar-refractivity contribution in [1.29, 1.82) is 0 Å². The van der Waals surface area contributed by atoms with Crippen molar-refractivity contribution < 1.29 is 9.84 Å². The normalized spacial score (nSPS) is 22.4. The summed E-state index contributed by atoms with van der Waals surface area (Å²) < 4.78 is 5.32. The van der Waals surface area contributed by atoms with E-state index in [1.54, 1.807) is 20.2 Å². The number of rotatable bonds is 3. The van der Waals surface area contributed by atoms with Crippen LogP contribution in [0.1, 0.15) is 25.0 Å². The molecule has 1 N–H and O–H groups in total. The number of nitrogens with zero attached hydrogens (tertiary/aromatic N) is 2. The molecule has 0 aliphatic carbocycles. The Morgan fingerprint density at radius 1 is 1.62 bits per heavy atom. The molecular weight excluding hydrogens is 204 g/mol. The van der Waals surface area contributed by atoms with Gasteiger partial charge in [-0.05, 0) is 31.0 Å². The molecule has 1 saturated heterocycles. The van der Waals surface area contributed by atoms with Gasteiger partial charge in [0.05, 0.1) is 12.2 Å². The second-order valence-corrected chi connectivity index (χ2v) is 4.22. The van der Waals surface area contributed by atoms with Crippen molar-refractivity contribution in [3.05, 3.63) is 23.9 Å². The Hall–Kier alpha value is -1.13. The van der Waals surface area contributed by atoms with Gasteiger partial charge in [0.15, 0.2) is 0 Å². The molecule has 1 aliphatic rings. The number of methoxy groups -OCH3 is 1. The quantitative estimate of drug-likeness (QED) is 0.838. The fourth-order valence-electron chi connectivity index (χ4n) is 2.00. The Bertz CT molecular complexity index is 355. The van der Waals surface area contributed by atoms with Crippen LogP contribution in [0.2, 0.25) is 0 Å². The van der Waals surface area contributed by atoms with Crippen LogP contribution >= 0.6 is 0 Å². The van der Waals surface area contributed by atoms with Crippen LogP contribution in [0.4, 0.5) is 5.82 Å². The standard InChI is InChI=1S/C12H18N2O2/c1-9(15)10-3-5-13-12(7-10)14-6-4-11(8-14)16-2/h3,5,7,9,11,15H,4,6,8H2,1-2H3/t9-,11?/m0/s1. The third kappa shape index (κ3) is 2.33. The van der Waals surface area contributed by atoms with Crippen LogP contribution in [-0.2, 0) is 4.74 Å². The van der Waals surface area contributed by atoms with E-state index in [1.165, 1.54) is 0 Å². The molecule has 88 valence electrons. The Labute approximate surface area is 95.9 Å². The molecule has 1 aromatic rings. The number of aliphatic hydroxyl groups excluding tert-OH is 1. The molecule has 16 heavy (non-hydrogen) atoms. The van der Waals surface area contributed by atoms with Crippen molar-refractivity contribution in [2.45, 2.75) is 25.6 Å². The van der Waals surface area contributed by atoms with E-state index in [4.69, 9.17) is 4.74 Å². The predicted octanol–water partition coefficient (Wildman–Crippen LogP) is 1.36. The lowest BCUT2D eigenvalue weighted by molar-refractivity contribution is 0.121. The summed E-state index contributed by atoms with van der Waals surface area (Å²) >= 11 is 0. The molecule has 0 saturated carbocycles. The van der Waals surface area contributed by atoms with Crippen LogP contribution in [0.15, 0.2) is 18.3 Å². The Morgan fingerprint density at radius 3 is 3.06 bits per heavy atom. The Morgan fingerprint density at radius 2 is 2.44 bits per heavy atom. The molecule has 2 heterocycles. The average Bonchev–Trinajstić information content (AvgIpc) is 2.77. The highest BCUT2D eigenvalue weighted by Crippen LogP contribution is 2.22. The number of anilines is 1. The van der Waals surface area contributed by atoms with Crippen LogP contribution in [0.3, 0.4) is 0 Å². The van der Waals surface area contributed by atoms with E-state index in [0.29, 0.717) is 6.10 Å². The average molecular weight is 222 g/mol. The maximum Gasteiger partial charge on any atom is 0.128 e. The molecule has 2 atom stereocenters. The molecule has 0 spiro atoms. The maximum atomic E-state index is 9.52. The highest BCUT2D eigenvalue weighted by molar-refractivity contribution is 5.42. The molecule has 0 bridgehead atoms. The van der Waals surface area contributed by atoms with Gasteiger partial charge in [0.1, 0.15) is 5.82 Å². The molecule has 1 unspecified atom stereocenters. The van der Waals surface area contributed by atoms with Gasteiger partial charge in [-0.15, -0.1) is 0 Å². The summed E-state index contributed by atoms with van der Waals surface area (Å²) in [5, 5.41) is 9.52. The minimum absolute atomic E-state index is 0.303. The summed E-state index contributed by atoms with van der Waals surface area (Å²) in [6.07, 6.45) is 2.65. The molecule has 4 nitrogen and oxygen atoms in total. The van der Waals surface area contributed by atoms with Gasteiger partial charge in [-0.1, -0.05) is 0 Å². The van der Waals surface area contributed by atoms with Gasteiger partial charge in [0, 0.05) is 26.4 Å². The monoisotopic (exact) mass is 222 g/mol. The van der Waals surface area contributed by atoms with Crippen molar-refractivity contribution in [3.63, 3.8) is 0 Å². The second kappa shape index (κ2) is 4.80. The minimum atomic E-state index is -0.442. The fraction of sp³-hybridized carbons (Fsp3) is 0.583. The number of aromatic nitrogens is 1. The van der Waals surface area contributed by atoms with Crippen molar-refractivity contribution >= 4 is 5.82 Å². The number of ether oxygens (including phenoxy) is 1. The van der Waals surface area contributed by atoms with Crippen molar-refractivity contribution in [1.82, 2.24) is 4.98 Å². The molecule has 1 aromatic heterocycles. The van der Waals surface area contributed by atoms with Crippen molar-refractivity contribution in [2.24, 2.45) is 0 Å². The minimum Gasteiger partial charge on any atom is -0.389 e. The molecule has 0 amide bonds. The number of aliphatic hydroxyl groups is 1. The summed E-state index contributed by atoms with van der Waals surface area (Å²) in [6, 6.07) is 3.79. The van der Waals surface area contributed by atoms with E-state index < -0.39 is 6.10 Å². The largest absolute Gasteiger partial charge is 0.389 e. The zero-order chi connectivity index (χ0) is 11.5. The van der Waals surface area contributed by atoms with Gasteiger partial charge < -0.3 is 14.7 Å². The molecule has 1 fully saturated rings. The first-order valence-electron chi connectivity index (χ1n) is 5.62. The summed E-state index contributed by atoms with van der Waals surface area (Å²) in [5.74, 6) is 0.929. The van der Waals surface area contributed by atoms with E-state index in [1.807, 2.05) is 12.1 Å². The van der Waals surface area contributed by atoms with E-state index in [2.05, 4.69) is 9.88 Å². The molecule has 1 aliphatic heterocycles. The molecule has 2 rings (SSSR count). The number of hydrogen-bond donors (Lipinski definition) is 1. The SMILES string of the molecule is COC1CCN(c2cc([C@H](C)O)ccn2)C1. The predicted molar refractivity (Wildman–Crippen MR) is 62.5 cm³/mol. The third-order valence-electron chi connectivity index (χ3n) is 3.05. The zero-order valence-corrected chi connectivity index (χ0v) is 9.76. The van der Waals surface area contributed by atoms with E-state index in [-0.39, 0.29) is 0 Å². The lowest BCUT2D eigenvalue weighted by atomic mass is 10.2. The first kappa shape index (κ1) is 11.4. The van der Waals surface area contributed by atoms with Crippen molar-refractivity contribution in [3.8, 4) is 0 Å². The highest BCUT2D eigenvalue weighted by atomic mass is 16.5. The topological polar surface area (TPSA) is 45.6 Å². The zero-order valence-electron chi connectivity index (χ0n) is 9.76. The lowest BCUT2D eigenvalue weighted by Gasteiger charge is -2.18. The maximum absolute atomic E-state index is 9.52. The molecule has 0 aromatic carbocycles. The van der Waals surface area contributed by atoms with Gasteiger partial charge in [0.25, 0.3) is 0 Å². The second-order valence-electron chi connectivity index (χ2n) is 4.22. The smallest absolute Gasteiger partial charge is 0.128 e. The first-order valence-corrected chi connectivity index (χ1v) is 5.62. The van der Waals surface area contributed by atoms with E-state index in [9.17, 15) is 5.11 Å².